The van der Waals surface area contributed by atoms with Gasteiger partial charge in [0.05, 0.1) is 11.3 Å². The van der Waals surface area contributed by atoms with Crippen LogP contribution in [0.4, 0.5) is 11.4 Å². The van der Waals surface area contributed by atoms with Gasteiger partial charge in [0, 0.05) is 16.7 Å². The molecule has 2 aromatic rings. The number of aromatic carboxylic acids is 1. The predicted octanol–water partition coefficient (Wildman–Crippen LogP) is 4.61. The van der Waals surface area contributed by atoms with Gasteiger partial charge < -0.3 is 10.0 Å². The molecule has 2 rings (SSSR count). The monoisotopic (exact) mass is 333 g/mol. The molecular weight excluding hydrogens is 318 g/mol. The number of aryl methyl sites for hydroxylation is 1. The van der Waals surface area contributed by atoms with E-state index in [9.17, 15) is 9.90 Å². The molecule has 4 heteroatoms. The SMILES string of the molecule is CCN(c1cccc(C)c1)c1ccc(Br)cc1C(=O)O. The van der Waals surface area contributed by atoms with Gasteiger partial charge in [-0.05, 0) is 49.7 Å². The first-order valence-corrected chi connectivity index (χ1v) is 7.19. The first kappa shape index (κ1) is 14.6. The van der Waals surface area contributed by atoms with Crippen molar-refractivity contribution in [3.63, 3.8) is 0 Å². The van der Waals surface area contributed by atoms with Gasteiger partial charge in [-0.2, -0.15) is 0 Å². The molecule has 0 heterocycles. The Morgan fingerprint density at radius 1 is 1.25 bits per heavy atom. The van der Waals surface area contributed by atoms with Gasteiger partial charge in [0.2, 0.25) is 0 Å². The van der Waals surface area contributed by atoms with E-state index in [1.807, 2.05) is 49.1 Å². The van der Waals surface area contributed by atoms with Crippen LogP contribution in [0.2, 0.25) is 0 Å². The van der Waals surface area contributed by atoms with E-state index in [1.54, 1.807) is 6.07 Å². The highest BCUT2D eigenvalue weighted by Gasteiger charge is 2.16. The first-order chi connectivity index (χ1) is 9.52. The number of carboxylic acids is 1. The van der Waals surface area contributed by atoms with Crippen LogP contribution in [0.1, 0.15) is 22.8 Å². The fourth-order valence-corrected chi connectivity index (χ4v) is 2.56. The fourth-order valence-electron chi connectivity index (χ4n) is 2.20. The van der Waals surface area contributed by atoms with Crippen molar-refractivity contribution in [3.05, 3.63) is 58.1 Å². The van der Waals surface area contributed by atoms with E-state index in [0.29, 0.717) is 17.8 Å². The number of anilines is 2. The lowest BCUT2D eigenvalue weighted by molar-refractivity contribution is 0.0697. The lowest BCUT2D eigenvalue weighted by atomic mass is 10.1. The molecule has 0 aromatic heterocycles. The summed E-state index contributed by atoms with van der Waals surface area (Å²) < 4.78 is 0.763. The van der Waals surface area contributed by atoms with Crippen LogP contribution in [0.5, 0.6) is 0 Å². The van der Waals surface area contributed by atoms with E-state index in [0.717, 1.165) is 15.7 Å². The molecule has 0 spiro atoms. The first-order valence-electron chi connectivity index (χ1n) is 6.40. The maximum atomic E-state index is 11.4. The zero-order chi connectivity index (χ0) is 14.7. The van der Waals surface area contributed by atoms with Crippen LogP contribution in [0.15, 0.2) is 46.9 Å². The van der Waals surface area contributed by atoms with Crippen LogP contribution in [0, 0.1) is 6.92 Å². The molecule has 0 aliphatic carbocycles. The maximum absolute atomic E-state index is 11.4. The molecule has 3 nitrogen and oxygen atoms in total. The van der Waals surface area contributed by atoms with Crippen molar-refractivity contribution in [2.75, 3.05) is 11.4 Å². The van der Waals surface area contributed by atoms with E-state index < -0.39 is 5.97 Å². The Bertz CT molecular complexity index is 640. The Hall–Kier alpha value is -1.81. The molecule has 0 radical (unpaired) electrons. The molecule has 0 aliphatic rings. The average molecular weight is 334 g/mol. The van der Waals surface area contributed by atoms with Gasteiger partial charge in [0.1, 0.15) is 0 Å². The highest BCUT2D eigenvalue weighted by molar-refractivity contribution is 9.10. The molecule has 0 fully saturated rings. The number of halogens is 1. The lowest BCUT2D eigenvalue weighted by Crippen LogP contribution is -2.19. The summed E-state index contributed by atoms with van der Waals surface area (Å²) in [5.74, 6) is -0.924. The third kappa shape index (κ3) is 3.02. The standard InChI is InChI=1S/C16H16BrNO2/c1-3-18(13-6-4-5-11(2)9-13)15-8-7-12(17)10-14(15)16(19)20/h4-10H,3H2,1-2H3,(H,19,20). The third-order valence-corrected chi connectivity index (χ3v) is 3.60. The van der Waals surface area contributed by atoms with Crippen LogP contribution in [0.3, 0.4) is 0 Å². The second-order valence-corrected chi connectivity index (χ2v) is 5.47. The summed E-state index contributed by atoms with van der Waals surface area (Å²) in [5, 5.41) is 9.39. The van der Waals surface area contributed by atoms with Crippen molar-refractivity contribution < 1.29 is 9.90 Å². The minimum absolute atomic E-state index is 0.294. The summed E-state index contributed by atoms with van der Waals surface area (Å²) in [4.78, 5) is 13.4. The maximum Gasteiger partial charge on any atom is 0.337 e. The normalized spacial score (nSPS) is 10.3. The summed E-state index contributed by atoms with van der Waals surface area (Å²) in [6.07, 6.45) is 0. The predicted molar refractivity (Wildman–Crippen MR) is 85.0 cm³/mol. The summed E-state index contributed by atoms with van der Waals surface area (Å²) in [5.41, 5.74) is 3.14. The van der Waals surface area contributed by atoms with E-state index in [2.05, 4.69) is 22.0 Å². The van der Waals surface area contributed by atoms with Gasteiger partial charge in [-0.15, -0.1) is 0 Å². The Labute approximate surface area is 127 Å². The van der Waals surface area contributed by atoms with Crippen molar-refractivity contribution in [3.8, 4) is 0 Å². The van der Waals surface area contributed by atoms with Crippen molar-refractivity contribution in [1.82, 2.24) is 0 Å². The van der Waals surface area contributed by atoms with Gasteiger partial charge in [0.25, 0.3) is 0 Å². The fraction of sp³-hybridized carbons (Fsp3) is 0.188. The van der Waals surface area contributed by atoms with Crippen molar-refractivity contribution >= 4 is 33.3 Å². The van der Waals surface area contributed by atoms with E-state index in [1.165, 1.54) is 0 Å². The molecule has 0 saturated heterocycles. The smallest absolute Gasteiger partial charge is 0.337 e. The number of nitrogens with zero attached hydrogens (tertiary/aromatic N) is 1. The molecule has 0 bridgehead atoms. The zero-order valence-electron chi connectivity index (χ0n) is 11.4. The number of hydrogen-bond acceptors (Lipinski definition) is 2. The molecule has 0 saturated carbocycles. The van der Waals surface area contributed by atoms with Gasteiger partial charge >= 0.3 is 5.97 Å². The number of carbonyl (C=O) groups is 1. The number of hydrogen-bond donors (Lipinski definition) is 1. The molecule has 0 amide bonds. The van der Waals surface area contributed by atoms with E-state index >= 15 is 0 Å². The van der Waals surface area contributed by atoms with Gasteiger partial charge in [-0.25, -0.2) is 4.79 Å². The van der Waals surface area contributed by atoms with Gasteiger partial charge in [-0.3, -0.25) is 0 Å². The van der Waals surface area contributed by atoms with Crippen molar-refractivity contribution in [2.24, 2.45) is 0 Å². The van der Waals surface area contributed by atoms with Gasteiger partial charge in [0.15, 0.2) is 0 Å². The Morgan fingerprint density at radius 2 is 2.00 bits per heavy atom. The Kier molecular flexibility index (Phi) is 4.45. The number of rotatable bonds is 4. The quantitative estimate of drug-likeness (QED) is 0.887. The van der Waals surface area contributed by atoms with Gasteiger partial charge in [-0.1, -0.05) is 28.1 Å². The molecule has 2 aromatic carbocycles. The second-order valence-electron chi connectivity index (χ2n) is 4.55. The van der Waals surface area contributed by atoms with E-state index in [-0.39, 0.29) is 0 Å². The molecule has 104 valence electrons. The Balaban J connectivity index is 2.55. The summed E-state index contributed by atoms with van der Waals surface area (Å²) in [6, 6.07) is 13.4. The van der Waals surface area contributed by atoms with Crippen LogP contribution in [-0.4, -0.2) is 17.6 Å². The van der Waals surface area contributed by atoms with E-state index in [4.69, 9.17) is 0 Å². The van der Waals surface area contributed by atoms with Crippen molar-refractivity contribution in [1.29, 1.82) is 0 Å². The second kappa shape index (κ2) is 6.09. The largest absolute Gasteiger partial charge is 0.478 e. The highest BCUT2D eigenvalue weighted by atomic mass is 79.9. The summed E-state index contributed by atoms with van der Waals surface area (Å²) >= 11 is 3.32. The highest BCUT2D eigenvalue weighted by Crippen LogP contribution is 2.31. The van der Waals surface area contributed by atoms with Crippen LogP contribution in [-0.2, 0) is 0 Å². The van der Waals surface area contributed by atoms with Crippen LogP contribution in [0.25, 0.3) is 0 Å². The minimum atomic E-state index is -0.924. The molecule has 0 aliphatic heterocycles. The molecule has 1 N–H and O–H groups in total. The molecule has 20 heavy (non-hydrogen) atoms. The summed E-state index contributed by atoms with van der Waals surface area (Å²) in [7, 11) is 0. The zero-order valence-corrected chi connectivity index (χ0v) is 13.0. The third-order valence-electron chi connectivity index (χ3n) is 3.11. The lowest BCUT2D eigenvalue weighted by Gasteiger charge is -2.25. The van der Waals surface area contributed by atoms with Crippen LogP contribution >= 0.6 is 15.9 Å². The topological polar surface area (TPSA) is 40.5 Å². The number of carboxylic acid groups (broad SMARTS) is 1. The Morgan fingerprint density at radius 3 is 2.60 bits per heavy atom. The average Bonchev–Trinajstić information content (AvgIpc) is 2.41. The van der Waals surface area contributed by atoms with Crippen LogP contribution < -0.4 is 4.90 Å². The molecular formula is C16H16BrNO2. The molecule has 0 unspecified atom stereocenters. The molecule has 0 atom stereocenters. The minimum Gasteiger partial charge on any atom is -0.478 e. The number of benzene rings is 2. The summed E-state index contributed by atoms with van der Waals surface area (Å²) in [6.45, 7) is 4.73. The van der Waals surface area contributed by atoms with Crippen molar-refractivity contribution in [2.45, 2.75) is 13.8 Å².